The molecule has 2 N–H and O–H groups in total. The molecule has 17 heavy (non-hydrogen) atoms. The lowest BCUT2D eigenvalue weighted by Gasteiger charge is -2.32. The minimum atomic E-state index is -0.712. The standard InChI is InChI=1S/C13H14N2O2/c1-8-3-2-4-9-5-6-13(7-10(8)9)11(16)14-12(17)15-13/h2-4H,5-7H2,1H3,(H2,14,15,16,17). The number of hydrogen-bond acceptors (Lipinski definition) is 2. The van der Waals surface area contributed by atoms with Crippen molar-refractivity contribution in [2.75, 3.05) is 0 Å². The summed E-state index contributed by atoms with van der Waals surface area (Å²) in [6, 6.07) is 5.82. The Hall–Kier alpha value is -1.84. The molecule has 1 atom stereocenters. The summed E-state index contributed by atoms with van der Waals surface area (Å²) >= 11 is 0. The van der Waals surface area contributed by atoms with Crippen LogP contribution in [0.25, 0.3) is 0 Å². The molecule has 1 aliphatic heterocycles. The Balaban J connectivity index is 2.03. The van der Waals surface area contributed by atoms with E-state index in [1.165, 1.54) is 16.7 Å². The number of benzene rings is 1. The van der Waals surface area contributed by atoms with E-state index in [9.17, 15) is 9.59 Å². The first-order valence-electron chi connectivity index (χ1n) is 5.82. The Labute approximate surface area is 99.4 Å². The molecule has 3 amide bonds. The van der Waals surface area contributed by atoms with E-state index in [1.54, 1.807) is 0 Å². The van der Waals surface area contributed by atoms with E-state index in [1.807, 2.05) is 19.1 Å². The molecule has 0 saturated carbocycles. The van der Waals surface area contributed by atoms with Gasteiger partial charge in [-0.15, -0.1) is 0 Å². The zero-order valence-electron chi connectivity index (χ0n) is 9.67. The maximum absolute atomic E-state index is 11.9. The van der Waals surface area contributed by atoms with Crippen LogP contribution in [0.3, 0.4) is 0 Å². The van der Waals surface area contributed by atoms with Crippen molar-refractivity contribution >= 4 is 11.9 Å². The number of carbonyl (C=O) groups is 2. The largest absolute Gasteiger partial charge is 0.323 e. The van der Waals surface area contributed by atoms with Crippen LogP contribution in [0.15, 0.2) is 18.2 Å². The number of rotatable bonds is 0. The summed E-state index contributed by atoms with van der Waals surface area (Å²) < 4.78 is 0. The Kier molecular flexibility index (Phi) is 2.02. The zero-order chi connectivity index (χ0) is 12.0. The Bertz CT molecular complexity index is 524. The van der Waals surface area contributed by atoms with Crippen LogP contribution in [-0.4, -0.2) is 17.5 Å². The van der Waals surface area contributed by atoms with Crippen LogP contribution in [0.4, 0.5) is 4.79 Å². The van der Waals surface area contributed by atoms with Crippen molar-refractivity contribution in [1.29, 1.82) is 0 Å². The van der Waals surface area contributed by atoms with Crippen LogP contribution >= 0.6 is 0 Å². The number of urea groups is 1. The van der Waals surface area contributed by atoms with E-state index in [-0.39, 0.29) is 11.9 Å². The van der Waals surface area contributed by atoms with Crippen LogP contribution < -0.4 is 10.6 Å². The van der Waals surface area contributed by atoms with Gasteiger partial charge in [0.15, 0.2) is 0 Å². The molecule has 1 aliphatic carbocycles. The van der Waals surface area contributed by atoms with Crippen LogP contribution in [0.2, 0.25) is 0 Å². The minimum absolute atomic E-state index is 0.184. The number of fused-ring (bicyclic) bond motifs is 1. The summed E-state index contributed by atoms with van der Waals surface area (Å²) in [5.41, 5.74) is 2.98. The van der Waals surface area contributed by atoms with E-state index in [2.05, 4.69) is 16.7 Å². The van der Waals surface area contributed by atoms with Gasteiger partial charge in [0.1, 0.15) is 5.54 Å². The summed E-state index contributed by atoms with van der Waals surface area (Å²) in [5.74, 6) is -0.184. The van der Waals surface area contributed by atoms with Crippen molar-refractivity contribution in [1.82, 2.24) is 10.6 Å². The average molecular weight is 230 g/mol. The molecular weight excluding hydrogens is 216 g/mol. The van der Waals surface area contributed by atoms with Crippen LogP contribution in [0.1, 0.15) is 23.1 Å². The van der Waals surface area contributed by atoms with Crippen molar-refractivity contribution in [3.05, 3.63) is 34.9 Å². The van der Waals surface area contributed by atoms with Crippen molar-refractivity contribution in [2.24, 2.45) is 0 Å². The predicted octanol–water partition coefficient (Wildman–Crippen LogP) is 1.06. The first-order chi connectivity index (χ1) is 8.11. The van der Waals surface area contributed by atoms with Crippen molar-refractivity contribution in [2.45, 2.75) is 31.7 Å². The Morgan fingerprint density at radius 3 is 2.82 bits per heavy atom. The molecule has 88 valence electrons. The van der Waals surface area contributed by atoms with Gasteiger partial charge in [-0.1, -0.05) is 18.2 Å². The SMILES string of the molecule is Cc1cccc2c1CC1(CC2)NC(=O)NC1=O. The molecule has 1 heterocycles. The van der Waals surface area contributed by atoms with Crippen LogP contribution in [-0.2, 0) is 17.6 Å². The van der Waals surface area contributed by atoms with Gasteiger partial charge in [0.05, 0.1) is 0 Å². The van der Waals surface area contributed by atoms with Gasteiger partial charge in [-0.2, -0.15) is 0 Å². The third-order valence-electron chi connectivity index (χ3n) is 3.82. The maximum Gasteiger partial charge on any atom is 0.322 e. The number of hydrogen-bond donors (Lipinski definition) is 2. The first-order valence-corrected chi connectivity index (χ1v) is 5.82. The van der Waals surface area contributed by atoms with Gasteiger partial charge in [-0.3, -0.25) is 10.1 Å². The highest BCUT2D eigenvalue weighted by molar-refractivity contribution is 6.07. The fourth-order valence-electron chi connectivity index (χ4n) is 2.82. The second kappa shape index (κ2) is 3.32. The second-order valence-electron chi connectivity index (χ2n) is 4.88. The summed E-state index contributed by atoms with van der Waals surface area (Å²) in [6.07, 6.45) is 2.12. The van der Waals surface area contributed by atoms with Gasteiger partial charge in [0, 0.05) is 6.42 Å². The smallest absolute Gasteiger partial charge is 0.322 e. The molecule has 0 bridgehead atoms. The van der Waals surface area contributed by atoms with Gasteiger partial charge in [-0.05, 0) is 36.5 Å². The van der Waals surface area contributed by atoms with Gasteiger partial charge in [0.25, 0.3) is 5.91 Å². The first kappa shape index (κ1) is 10.3. The van der Waals surface area contributed by atoms with Gasteiger partial charge in [0.2, 0.25) is 0 Å². The molecule has 0 aromatic heterocycles. The molecule has 1 aromatic rings. The third kappa shape index (κ3) is 1.44. The predicted molar refractivity (Wildman–Crippen MR) is 62.6 cm³/mol. The molecular formula is C13H14N2O2. The molecule has 1 aromatic carbocycles. The van der Waals surface area contributed by atoms with E-state index >= 15 is 0 Å². The number of amides is 3. The molecule has 4 nitrogen and oxygen atoms in total. The fraction of sp³-hybridized carbons (Fsp3) is 0.385. The summed E-state index contributed by atoms with van der Waals surface area (Å²) in [4.78, 5) is 23.2. The number of imide groups is 1. The fourth-order valence-corrected chi connectivity index (χ4v) is 2.82. The van der Waals surface area contributed by atoms with Gasteiger partial charge in [-0.25, -0.2) is 4.79 Å². The van der Waals surface area contributed by atoms with Gasteiger partial charge >= 0.3 is 6.03 Å². The number of aryl methyl sites for hydroxylation is 2. The highest BCUT2D eigenvalue weighted by Gasteiger charge is 2.47. The lowest BCUT2D eigenvalue weighted by molar-refractivity contribution is -0.124. The number of nitrogens with one attached hydrogen (secondary N) is 2. The zero-order valence-corrected chi connectivity index (χ0v) is 9.67. The molecule has 1 unspecified atom stereocenters. The average Bonchev–Trinajstić information content (AvgIpc) is 2.55. The second-order valence-corrected chi connectivity index (χ2v) is 4.88. The molecule has 1 fully saturated rings. The molecule has 0 radical (unpaired) electrons. The van der Waals surface area contributed by atoms with Gasteiger partial charge < -0.3 is 5.32 Å². The molecule has 1 saturated heterocycles. The van der Waals surface area contributed by atoms with E-state index in [0.29, 0.717) is 12.8 Å². The van der Waals surface area contributed by atoms with E-state index < -0.39 is 5.54 Å². The molecule has 2 aliphatic rings. The molecule has 4 heteroatoms. The summed E-state index contributed by atoms with van der Waals surface area (Å²) in [7, 11) is 0. The normalized spacial score (nSPS) is 26.6. The third-order valence-corrected chi connectivity index (χ3v) is 3.82. The highest BCUT2D eigenvalue weighted by Crippen LogP contribution is 2.32. The van der Waals surface area contributed by atoms with Crippen molar-refractivity contribution < 1.29 is 9.59 Å². The van der Waals surface area contributed by atoms with Crippen LogP contribution in [0.5, 0.6) is 0 Å². The lowest BCUT2D eigenvalue weighted by Crippen LogP contribution is -2.51. The number of carbonyl (C=O) groups excluding carboxylic acids is 2. The van der Waals surface area contributed by atoms with Crippen LogP contribution in [0, 0.1) is 6.92 Å². The lowest BCUT2D eigenvalue weighted by atomic mass is 9.76. The van der Waals surface area contributed by atoms with E-state index in [4.69, 9.17) is 0 Å². The van der Waals surface area contributed by atoms with Crippen molar-refractivity contribution in [3.8, 4) is 0 Å². The summed E-state index contributed by atoms with van der Waals surface area (Å²) in [6.45, 7) is 2.05. The summed E-state index contributed by atoms with van der Waals surface area (Å²) in [5, 5.41) is 5.13. The molecule has 3 rings (SSSR count). The minimum Gasteiger partial charge on any atom is -0.323 e. The topological polar surface area (TPSA) is 58.2 Å². The maximum atomic E-state index is 11.9. The Morgan fingerprint density at radius 2 is 2.12 bits per heavy atom. The highest BCUT2D eigenvalue weighted by atomic mass is 16.2. The molecule has 1 spiro atoms. The quantitative estimate of drug-likeness (QED) is 0.655. The Morgan fingerprint density at radius 1 is 1.29 bits per heavy atom. The van der Waals surface area contributed by atoms with Crippen molar-refractivity contribution in [3.63, 3.8) is 0 Å². The monoisotopic (exact) mass is 230 g/mol. The van der Waals surface area contributed by atoms with E-state index in [0.717, 1.165) is 6.42 Å².